The van der Waals surface area contributed by atoms with Crippen molar-refractivity contribution in [3.05, 3.63) is 59.0 Å². The lowest BCUT2D eigenvalue weighted by Crippen LogP contribution is -2.00. The highest BCUT2D eigenvalue weighted by molar-refractivity contribution is 5.76. The molecule has 2 aromatic carbocycles. The molecule has 0 amide bonds. The molecule has 0 spiro atoms. The first-order chi connectivity index (χ1) is 12.6. The van der Waals surface area contributed by atoms with Crippen LogP contribution in [0, 0.1) is 13.8 Å². The molecule has 134 valence electrons. The second-order valence-corrected chi connectivity index (χ2v) is 5.86. The Balaban J connectivity index is 1.74. The van der Waals surface area contributed by atoms with Crippen LogP contribution in [0.25, 0.3) is 11.4 Å². The first-order valence-electron chi connectivity index (χ1n) is 8.35. The van der Waals surface area contributed by atoms with Gasteiger partial charge >= 0.3 is 0 Å². The van der Waals surface area contributed by atoms with Crippen LogP contribution >= 0.6 is 0 Å². The van der Waals surface area contributed by atoms with Crippen LogP contribution in [0.5, 0.6) is 11.5 Å². The van der Waals surface area contributed by atoms with E-state index in [1.165, 1.54) is 11.1 Å². The molecule has 0 saturated heterocycles. The van der Waals surface area contributed by atoms with Crippen molar-refractivity contribution in [2.75, 3.05) is 6.61 Å². The van der Waals surface area contributed by atoms with Crippen molar-refractivity contribution in [3.8, 4) is 22.9 Å². The minimum Gasteiger partial charge on any atom is -0.490 e. The molecule has 1 heterocycles. The molecule has 6 nitrogen and oxygen atoms in total. The molecule has 0 saturated carbocycles. The SMILES string of the molecule is CCOc1cc(C=O)ccc1OCc1nc(-c2ccc(C)c(C)c2)no1. The maximum absolute atomic E-state index is 10.9. The fourth-order valence-electron chi connectivity index (χ4n) is 2.44. The molecule has 0 aliphatic carbocycles. The number of hydrogen-bond donors (Lipinski definition) is 0. The van der Waals surface area contributed by atoms with E-state index >= 15 is 0 Å². The van der Waals surface area contributed by atoms with Crippen LogP contribution < -0.4 is 9.47 Å². The Labute approximate surface area is 151 Å². The lowest BCUT2D eigenvalue weighted by Gasteiger charge is -2.10. The Bertz CT molecular complexity index is 918. The molecule has 0 aliphatic heterocycles. The van der Waals surface area contributed by atoms with Crippen molar-refractivity contribution in [3.63, 3.8) is 0 Å². The highest BCUT2D eigenvalue weighted by Gasteiger charge is 2.12. The summed E-state index contributed by atoms with van der Waals surface area (Å²) in [5, 5.41) is 4.01. The molecule has 0 atom stereocenters. The Morgan fingerprint density at radius 3 is 2.62 bits per heavy atom. The summed E-state index contributed by atoms with van der Waals surface area (Å²) in [4.78, 5) is 15.3. The van der Waals surface area contributed by atoms with E-state index in [9.17, 15) is 4.79 Å². The first-order valence-corrected chi connectivity index (χ1v) is 8.35. The maximum atomic E-state index is 10.9. The van der Waals surface area contributed by atoms with Crippen LogP contribution in [0.2, 0.25) is 0 Å². The van der Waals surface area contributed by atoms with Crippen LogP contribution in [0.3, 0.4) is 0 Å². The molecule has 3 aromatic rings. The number of rotatable bonds is 7. The van der Waals surface area contributed by atoms with Gasteiger partial charge in [-0.1, -0.05) is 17.3 Å². The summed E-state index contributed by atoms with van der Waals surface area (Å²) in [5.41, 5.74) is 3.80. The minimum absolute atomic E-state index is 0.109. The van der Waals surface area contributed by atoms with E-state index in [0.717, 1.165) is 11.8 Å². The Morgan fingerprint density at radius 1 is 1.04 bits per heavy atom. The summed E-state index contributed by atoms with van der Waals surface area (Å²) < 4.78 is 16.5. The van der Waals surface area contributed by atoms with Gasteiger partial charge in [0.2, 0.25) is 5.82 Å². The third kappa shape index (κ3) is 3.91. The molecule has 26 heavy (non-hydrogen) atoms. The van der Waals surface area contributed by atoms with Crippen molar-refractivity contribution < 1.29 is 18.8 Å². The maximum Gasteiger partial charge on any atom is 0.264 e. The van der Waals surface area contributed by atoms with E-state index in [4.69, 9.17) is 14.0 Å². The number of aryl methyl sites for hydroxylation is 2. The standard InChI is InChI=1S/C20H20N2O4/c1-4-24-18-10-15(11-23)6-8-17(18)25-12-19-21-20(22-26-19)16-7-5-13(2)14(3)9-16/h5-11H,4,12H2,1-3H3. The number of ether oxygens (including phenoxy) is 2. The van der Waals surface area contributed by atoms with Gasteiger partial charge in [-0.2, -0.15) is 4.98 Å². The van der Waals surface area contributed by atoms with Gasteiger partial charge in [0.15, 0.2) is 18.1 Å². The second-order valence-electron chi connectivity index (χ2n) is 5.86. The van der Waals surface area contributed by atoms with Gasteiger partial charge in [0.05, 0.1) is 6.61 Å². The number of hydrogen-bond acceptors (Lipinski definition) is 6. The summed E-state index contributed by atoms with van der Waals surface area (Å²) in [6, 6.07) is 11.0. The lowest BCUT2D eigenvalue weighted by molar-refractivity contribution is 0.112. The zero-order chi connectivity index (χ0) is 18.5. The average Bonchev–Trinajstić information content (AvgIpc) is 3.12. The Morgan fingerprint density at radius 2 is 1.88 bits per heavy atom. The Hall–Kier alpha value is -3.15. The predicted molar refractivity (Wildman–Crippen MR) is 96.5 cm³/mol. The number of aldehydes is 1. The molecule has 3 rings (SSSR count). The van der Waals surface area contributed by atoms with Crippen LogP contribution in [-0.4, -0.2) is 23.0 Å². The minimum atomic E-state index is 0.109. The molecule has 0 N–H and O–H groups in total. The zero-order valence-corrected chi connectivity index (χ0v) is 15.0. The zero-order valence-electron chi connectivity index (χ0n) is 15.0. The summed E-state index contributed by atoms with van der Waals surface area (Å²) in [6.07, 6.45) is 0.764. The van der Waals surface area contributed by atoms with Gasteiger partial charge in [-0.25, -0.2) is 0 Å². The average molecular weight is 352 g/mol. The summed E-state index contributed by atoms with van der Waals surface area (Å²) in [6.45, 7) is 6.54. The fraction of sp³-hybridized carbons (Fsp3) is 0.250. The van der Waals surface area contributed by atoms with E-state index < -0.39 is 0 Å². The van der Waals surface area contributed by atoms with Gasteiger partial charge in [0, 0.05) is 11.1 Å². The highest BCUT2D eigenvalue weighted by atomic mass is 16.5. The monoisotopic (exact) mass is 352 g/mol. The van der Waals surface area contributed by atoms with Gasteiger partial charge in [0.25, 0.3) is 5.89 Å². The number of benzene rings is 2. The Kier molecular flexibility index (Phi) is 5.31. The molecule has 1 aromatic heterocycles. The van der Waals surface area contributed by atoms with Crippen molar-refractivity contribution in [2.45, 2.75) is 27.4 Å². The van der Waals surface area contributed by atoms with Crippen molar-refractivity contribution >= 4 is 6.29 Å². The van der Waals surface area contributed by atoms with Crippen LogP contribution in [0.15, 0.2) is 40.9 Å². The van der Waals surface area contributed by atoms with E-state index in [1.807, 2.05) is 32.0 Å². The molecule has 0 fully saturated rings. The summed E-state index contributed by atoms with van der Waals surface area (Å²) >= 11 is 0. The number of carbonyl (C=O) groups excluding carboxylic acids is 1. The highest BCUT2D eigenvalue weighted by Crippen LogP contribution is 2.29. The van der Waals surface area contributed by atoms with Crippen molar-refractivity contribution in [1.29, 1.82) is 0 Å². The van der Waals surface area contributed by atoms with Crippen molar-refractivity contribution in [2.24, 2.45) is 0 Å². The molecular formula is C20H20N2O4. The largest absolute Gasteiger partial charge is 0.490 e. The van der Waals surface area contributed by atoms with Crippen LogP contribution in [0.1, 0.15) is 34.3 Å². The van der Waals surface area contributed by atoms with Crippen LogP contribution in [-0.2, 0) is 6.61 Å². The third-order valence-corrected chi connectivity index (χ3v) is 3.99. The molecule has 6 heteroatoms. The number of carbonyl (C=O) groups is 1. The summed E-state index contributed by atoms with van der Waals surface area (Å²) in [7, 11) is 0. The van der Waals surface area contributed by atoms with Gasteiger partial charge < -0.3 is 14.0 Å². The lowest BCUT2D eigenvalue weighted by atomic mass is 10.1. The topological polar surface area (TPSA) is 74.5 Å². The quantitative estimate of drug-likeness (QED) is 0.595. The van der Waals surface area contributed by atoms with Gasteiger partial charge in [-0.05, 0) is 56.2 Å². The van der Waals surface area contributed by atoms with Crippen LogP contribution in [0.4, 0.5) is 0 Å². The molecule has 0 radical (unpaired) electrons. The molecule has 0 unspecified atom stereocenters. The molecular weight excluding hydrogens is 332 g/mol. The second kappa shape index (κ2) is 7.82. The first kappa shape index (κ1) is 17.7. The van der Waals surface area contributed by atoms with E-state index in [-0.39, 0.29) is 6.61 Å². The fourth-order valence-corrected chi connectivity index (χ4v) is 2.44. The van der Waals surface area contributed by atoms with Gasteiger partial charge in [-0.15, -0.1) is 0 Å². The predicted octanol–water partition coefficient (Wildman–Crippen LogP) is 4.14. The summed E-state index contributed by atoms with van der Waals surface area (Å²) in [5.74, 6) is 1.91. The van der Waals surface area contributed by atoms with E-state index in [0.29, 0.717) is 35.4 Å². The van der Waals surface area contributed by atoms with Crippen molar-refractivity contribution in [1.82, 2.24) is 10.1 Å². The van der Waals surface area contributed by atoms with Gasteiger partial charge in [-0.3, -0.25) is 4.79 Å². The van der Waals surface area contributed by atoms with E-state index in [1.54, 1.807) is 18.2 Å². The molecule has 0 bridgehead atoms. The number of aromatic nitrogens is 2. The normalized spacial score (nSPS) is 10.6. The number of nitrogens with zero attached hydrogens (tertiary/aromatic N) is 2. The van der Waals surface area contributed by atoms with E-state index in [2.05, 4.69) is 17.1 Å². The third-order valence-electron chi connectivity index (χ3n) is 3.99. The smallest absolute Gasteiger partial charge is 0.264 e. The molecule has 0 aliphatic rings. The van der Waals surface area contributed by atoms with Gasteiger partial charge in [0.1, 0.15) is 6.29 Å².